The van der Waals surface area contributed by atoms with Crippen LogP contribution >= 0.6 is 27.5 Å². The van der Waals surface area contributed by atoms with Crippen molar-refractivity contribution in [2.45, 2.75) is 12.6 Å². The SMILES string of the molecule is CN(C)CCOCC1CN(c2ncnc3n[nH]c(Br)c23)CCN1Cc1ccc(Cl)cc1. The molecule has 0 spiro atoms. The number of aromatic nitrogens is 4. The van der Waals surface area contributed by atoms with Gasteiger partial charge in [0.1, 0.15) is 16.7 Å². The molecule has 1 fully saturated rings. The van der Waals surface area contributed by atoms with Crippen LogP contribution in [0.4, 0.5) is 5.82 Å². The molecule has 3 aromatic rings. The molecule has 0 radical (unpaired) electrons. The lowest BCUT2D eigenvalue weighted by Crippen LogP contribution is -2.55. The summed E-state index contributed by atoms with van der Waals surface area (Å²) in [6.45, 7) is 5.74. The van der Waals surface area contributed by atoms with E-state index in [4.69, 9.17) is 16.3 Å². The van der Waals surface area contributed by atoms with Gasteiger partial charge in [0.25, 0.3) is 0 Å². The standard InChI is InChI=1S/C21H27BrClN7O/c1-28(2)9-10-31-13-17-12-30(21-18-19(22)26-27-20(18)24-14-25-21)8-7-29(17)11-15-3-5-16(23)6-4-15/h3-6,14,17H,7-13H2,1-2H3,(H,24,25,26,27). The Morgan fingerprint density at radius 3 is 2.81 bits per heavy atom. The second-order valence-electron chi connectivity index (χ2n) is 8.01. The molecule has 1 unspecified atom stereocenters. The Hall–Kier alpha value is -1.78. The minimum Gasteiger partial charge on any atom is -0.378 e. The zero-order valence-corrected chi connectivity index (χ0v) is 20.1. The van der Waals surface area contributed by atoms with Crippen LogP contribution in [0.5, 0.6) is 0 Å². The molecule has 31 heavy (non-hydrogen) atoms. The molecule has 0 saturated carbocycles. The largest absolute Gasteiger partial charge is 0.378 e. The third-order valence-corrected chi connectivity index (χ3v) is 6.31. The summed E-state index contributed by atoms with van der Waals surface area (Å²) in [5.74, 6) is 0.898. The number of anilines is 1. The molecule has 166 valence electrons. The van der Waals surface area contributed by atoms with Crippen LogP contribution in [0.1, 0.15) is 5.56 Å². The van der Waals surface area contributed by atoms with Crippen LogP contribution in [0.3, 0.4) is 0 Å². The third kappa shape index (κ3) is 5.53. The van der Waals surface area contributed by atoms with Crippen LogP contribution in [-0.2, 0) is 11.3 Å². The van der Waals surface area contributed by atoms with Gasteiger partial charge < -0.3 is 14.5 Å². The lowest BCUT2D eigenvalue weighted by molar-refractivity contribution is 0.0436. The number of hydrogen-bond donors (Lipinski definition) is 1. The van der Waals surface area contributed by atoms with Crippen LogP contribution in [0.2, 0.25) is 5.02 Å². The van der Waals surface area contributed by atoms with Crippen molar-refractivity contribution in [1.82, 2.24) is 30.0 Å². The van der Waals surface area contributed by atoms with Gasteiger partial charge in [-0.1, -0.05) is 23.7 Å². The molecule has 0 amide bonds. The Morgan fingerprint density at radius 2 is 2.03 bits per heavy atom. The number of nitrogens with one attached hydrogen (secondary N) is 1. The Balaban J connectivity index is 1.51. The van der Waals surface area contributed by atoms with E-state index in [1.807, 2.05) is 12.1 Å². The van der Waals surface area contributed by atoms with Crippen LogP contribution < -0.4 is 4.90 Å². The molecule has 1 aliphatic rings. The molecule has 4 rings (SSSR count). The summed E-state index contributed by atoms with van der Waals surface area (Å²) in [4.78, 5) is 15.8. The molecular formula is C21H27BrClN7O. The van der Waals surface area contributed by atoms with Gasteiger partial charge in [-0.3, -0.25) is 10.00 Å². The highest BCUT2D eigenvalue weighted by Crippen LogP contribution is 2.30. The van der Waals surface area contributed by atoms with Gasteiger partial charge in [-0.25, -0.2) is 9.97 Å². The number of piperazine rings is 1. The number of hydrogen-bond acceptors (Lipinski definition) is 7. The summed E-state index contributed by atoms with van der Waals surface area (Å²) in [6.07, 6.45) is 1.58. The lowest BCUT2D eigenvalue weighted by atomic mass is 10.1. The maximum absolute atomic E-state index is 6.06. The van der Waals surface area contributed by atoms with Gasteiger partial charge in [-0.15, -0.1) is 0 Å². The topological polar surface area (TPSA) is 73.4 Å². The summed E-state index contributed by atoms with van der Waals surface area (Å²) in [5, 5.41) is 8.88. The molecule has 1 saturated heterocycles. The molecule has 8 nitrogen and oxygen atoms in total. The first-order chi connectivity index (χ1) is 15.0. The number of H-pyrrole nitrogens is 1. The molecular weight excluding hydrogens is 482 g/mol. The Kier molecular flexibility index (Phi) is 7.39. The summed E-state index contributed by atoms with van der Waals surface area (Å²) in [6, 6.07) is 8.32. The van der Waals surface area contributed by atoms with E-state index in [1.165, 1.54) is 5.56 Å². The van der Waals surface area contributed by atoms with Crippen molar-refractivity contribution in [3.05, 3.63) is 45.8 Å². The molecule has 1 atom stereocenters. The van der Waals surface area contributed by atoms with E-state index in [0.717, 1.165) is 53.6 Å². The fourth-order valence-electron chi connectivity index (χ4n) is 3.79. The van der Waals surface area contributed by atoms with Crippen LogP contribution in [0.25, 0.3) is 11.0 Å². The van der Waals surface area contributed by atoms with E-state index in [2.05, 4.69) is 77.0 Å². The van der Waals surface area contributed by atoms with Crippen LogP contribution in [0, 0.1) is 0 Å². The molecule has 0 aliphatic carbocycles. The average molecular weight is 509 g/mol. The van der Waals surface area contributed by atoms with E-state index in [0.29, 0.717) is 18.9 Å². The van der Waals surface area contributed by atoms with Crippen molar-refractivity contribution >= 4 is 44.4 Å². The molecule has 10 heteroatoms. The first-order valence-electron chi connectivity index (χ1n) is 10.3. The minimum atomic E-state index is 0.238. The second kappa shape index (κ2) is 10.2. The highest BCUT2D eigenvalue weighted by Gasteiger charge is 2.29. The van der Waals surface area contributed by atoms with E-state index < -0.39 is 0 Å². The van der Waals surface area contributed by atoms with Gasteiger partial charge in [-0.05, 0) is 47.7 Å². The van der Waals surface area contributed by atoms with Gasteiger partial charge in [-0.2, -0.15) is 5.10 Å². The first kappa shape index (κ1) is 22.4. The number of fused-ring (bicyclic) bond motifs is 1. The van der Waals surface area contributed by atoms with Gasteiger partial charge in [0, 0.05) is 37.7 Å². The molecule has 3 heterocycles. The average Bonchev–Trinajstić information content (AvgIpc) is 3.15. The number of rotatable bonds is 8. The summed E-state index contributed by atoms with van der Waals surface area (Å²) < 4.78 is 6.87. The molecule has 1 N–H and O–H groups in total. The van der Waals surface area contributed by atoms with Gasteiger partial charge in [0.15, 0.2) is 5.65 Å². The zero-order chi connectivity index (χ0) is 21.8. The summed E-state index contributed by atoms with van der Waals surface area (Å²) in [7, 11) is 4.11. The molecule has 2 aromatic heterocycles. The predicted molar refractivity (Wildman–Crippen MR) is 127 cm³/mol. The summed E-state index contributed by atoms with van der Waals surface area (Å²) >= 11 is 9.61. The Bertz CT molecular complexity index is 997. The smallest absolute Gasteiger partial charge is 0.187 e. The second-order valence-corrected chi connectivity index (χ2v) is 9.24. The number of aromatic amines is 1. The quantitative estimate of drug-likeness (QED) is 0.469. The lowest BCUT2D eigenvalue weighted by Gasteiger charge is -2.42. The van der Waals surface area contributed by atoms with Crippen molar-refractivity contribution in [2.24, 2.45) is 0 Å². The van der Waals surface area contributed by atoms with E-state index in [1.54, 1.807) is 6.33 Å². The zero-order valence-electron chi connectivity index (χ0n) is 17.8. The number of halogens is 2. The van der Waals surface area contributed by atoms with E-state index >= 15 is 0 Å². The Labute approximate surface area is 195 Å². The highest BCUT2D eigenvalue weighted by molar-refractivity contribution is 9.10. The van der Waals surface area contributed by atoms with Crippen molar-refractivity contribution < 1.29 is 4.74 Å². The van der Waals surface area contributed by atoms with Crippen molar-refractivity contribution in [3.63, 3.8) is 0 Å². The fraction of sp³-hybridized carbons (Fsp3) is 0.476. The summed E-state index contributed by atoms with van der Waals surface area (Å²) in [5.41, 5.74) is 1.91. The van der Waals surface area contributed by atoms with E-state index in [-0.39, 0.29) is 6.04 Å². The van der Waals surface area contributed by atoms with Crippen molar-refractivity contribution in [1.29, 1.82) is 0 Å². The van der Waals surface area contributed by atoms with Gasteiger partial charge in [0.2, 0.25) is 0 Å². The number of benzene rings is 1. The molecule has 1 aromatic carbocycles. The van der Waals surface area contributed by atoms with Gasteiger partial charge in [0.05, 0.1) is 24.6 Å². The number of nitrogens with zero attached hydrogens (tertiary/aromatic N) is 6. The van der Waals surface area contributed by atoms with Crippen molar-refractivity contribution in [2.75, 3.05) is 58.4 Å². The van der Waals surface area contributed by atoms with Gasteiger partial charge >= 0.3 is 0 Å². The normalized spacial score (nSPS) is 17.7. The maximum atomic E-state index is 6.06. The van der Waals surface area contributed by atoms with Crippen molar-refractivity contribution in [3.8, 4) is 0 Å². The Morgan fingerprint density at radius 1 is 1.23 bits per heavy atom. The predicted octanol–water partition coefficient (Wildman–Crippen LogP) is 3.04. The monoisotopic (exact) mass is 507 g/mol. The fourth-order valence-corrected chi connectivity index (χ4v) is 4.36. The first-order valence-corrected chi connectivity index (χ1v) is 11.5. The molecule has 1 aliphatic heterocycles. The van der Waals surface area contributed by atoms with Crippen LogP contribution in [-0.4, -0.2) is 89.5 Å². The molecule has 0 bridgehead atoms. The van der Waals surface area contributed by atoms with Crippen LogP contribution in [0.15, 0.2) is 35.2 Å². The number of ether oxygens (including phenoxy) is 1. The third-order valence-electron chi connectivity index (χ3n) is 5.48. The highest BCUT2D eigenvalue weighted by atomic mass is 79.9. The number of likely N-dealkylation sites (N-methyl/N-ethyl adjacent to an activating group) is 1. The minimum absolute atomic E-state index is 0.238. The maximum Gasteiger partial charge on any atom is 0.187 e. The van der Waals surface area contributed by atoms with E-state index in [9.17, 15) is 0 Å².